The fourth-order valence-corrected chi connectivity index (χ4v) is 1.83. The van der Waals surface area contributed by atoms with Crippen molar-refractivity contribution in [1.29, 1.82) is 5.26 Å². The molecule has 1 rings (SSSR count). The van der Waals surface area contributed by atoms with E-state index in [2.05, 4.69) is 22.6 Å². The third-order valence-corrected chi connectivity index (χ3v) is 2.71. The zero-order chi connectivity index (χ0) is 11.4. The van der Waals surface area contributed by atoms with Crippen LogP contribution in [0.4, 0.5) is 0 Å². The lowest BCUT2D eigenvalue weighted by molar-refractivity contribution is 0.101. The van der Waals surface area contributed by atoms with Crippen molar-refractivity contribution in [2.24, 2.45) is 0 Å². The molecule has 1 aromatic carbocycles. The Hall–Kier alpha value is -1.09. The van der Waals surface area contributed by atoms with Crippen molar-refractivity contribution in [3.05, 3.63) is 26.8 Å². The van der Waals surface area contributed by atoms with Crippen molar-refractivity contribution in [2.75, 3.05) is 6.61 Å². The largest absolute Gasteiger partial charge is 0.493 e. The number of hydrogen-bond acceptors (Lipinski definition) is 3. The number of ketones is 1. The fourth-order valence-electron chi connectivity index (χ4n) is 1.20. The molecule has 0 unspecified atom stereocenters. The molecule has 0 radical (unpaired) electrons. The summed E-state index contributed by atoms with van der Waals surface area (Å²) in [4.78, 5) is 11.3. The van der Waals surface area contributed by atoms with Gasteiger partial charge in [-0.3, -0.25) is 4.79 Å². The van der Waals surface area contributed by atoms with Crippen molar-refractivity contribution in [3.63, 3.8) is 0 Å². The van der Waals surface area contributed by atoms with E-state index in [1.165, 1.54) is 6.92 Å². The minimum atomic E-state index is -0.104. The van der Waals surface area contributed by atoms with E-state index in [-0.39, 0.29) is 5.78 Å². The summed E-state index contributed by atoms with van der Waals surface area (Å²) in [6.45, 7) is 3.87. The molecule has 0 atom stereocenters. The summed E-state index contributed by atoms with van der Waals surface area (Å²) in [6, 6.07) is 5.30. The Labute approximate surface area is 102 Å². The Morgan fingerprint density at radius 3 is 2.73 bits per heavy atom. The minimum absolute atomic E-state index is 0.104. The summed E-state index contributed by atoms with van der Waals surface area (Å²) >= 11 is 2.09. The smallest absolute Gasteiger partial charge is 0.161 e. The molecule has 0 spiro atoms. The van der Waals surface area contributed by atoms with Crippen molar-refractivity contribution in [1.82, 2.24) is 0 Å². The third kappa shape index (κ3) is 2.69. The second-order valence-electron chi connectivity index (χ2n) is 2.93. The molecule has 0 amide bonds. The summed E-state index contributed by atoms with van der Waals surface area (Å²) in [5.74, 6) is 0.548. The zero-order valence-corrected chi connectivity index (χ0v) is 10.7. The second kappa shape index (κ2) is 5.12. The van der Waals surface area contributed by atoms with Crippen molar-refractivity contribution >= 4 is 28.4 Å². The second-order valence-corrected chi connectivity index (χ2v) is 4.09. The van der Waals surface area contributed by atoms with Gasteiger partial charge in [-0.25, -0.2) is 0 Å². The van der Waals surface area contributed by atoms with E-state index in [0.717, 1.165) is 3.57 Å². The van der Waals surface area contributed by atoms with Crippen molar-refractivity contribution in [2.45, 2.75) is 13.8 Å². The van der Waals surface area contributed by atoms with Gasteiger partial charge in [-0.2, -0.15) is 5.26 Å². The van der Waals surface area contributed by atoms with Crippen molar-refractivity contribution in [3.8, 4) is 11.8 Å². The highest BCUT2D eigenvalue weighted by Crippen LogP contribution is 2.25. The molecule has 1 aromatic rings. The molecule has 0 saturated heterocycles. The summed E-state index contributed by atoms with van der Waals surface area (Å²) < 4.78 is 6.19. The molecular formula is C11H10INO2. The zero-order valence-electron chi connectivity index (χ0n) is 8.50. The van der Waals surface area contributed by atoms with Crippen LogP contribution in [0, 0.1) is 14.9 Å². The van der Waals surface area contributed by atoms with Crippen LogP contribution in [-0.2, 0) is 0 Å². The maximum Gasteiger partial charge on any atom is 0.161 e. The van der Waals surface area contributed by atoms with Gasteiger partial charge in [0.15, 0.2) is 5.78 Å². The van der Waals surface area contributed by atoms with Gasteiger partial charge in [0.05, 0.1) is 15.7 Å². The summed E-state index contributed by atoms with van der Waals surface area (Å²) in [5, 5.41) is 8.89. The van der Waals surface area contributed by atoms with E-state index in [1.807, 2.05) is 13.0 Å². The van der Waals surface area contributed by atoms with Crippen LogP contribution < -0.4 is 4.74 Å². The number of hydrogen-bond donors (Lipinski definition) is 0. The van der Waals surface area contributed by atoms with Gasteiger partial charge in [-0.15, -0.1) is 0 Å². The lowest BCUT2D eigenvalue weighted by atomic mass is 10.1. The van der Waals surface area contributed by atoms with Crippen LogP contribution in [-0.4, -0.2) is 12.4 Å². The number of carbonyl (C=O) groups excluding carboxylic acids is 1. The minimum Gasteiger partial charge on any atom is -0.493 e. The maximum absolute atomic E-state index is 11.3. The molecule has 0 fully saturated rings. The van der Waals surface area contributed by atoms with Gasteiger partial charge >= 0.3 is 0 Å². The molecule has 0 N–H and O–H groups in total. The van der Waals surface area contributed by atoms with Gasteiger partial charge in [0, 0.05) is 5.56 Å². The number of nitriles is 1. The molecule has 0 aliphatic heterocycles. The van der Waals surface area contributed by atoms with E-state index in [1.54, 1.807) is 12.1 Å². The van der Waals surface area contributed by atoms with Crippen LogP contribution in [0.25, 0.3) is 0 Å². The van der Waals surface area contributed by atoms with E-state index in [9.17, 15) is 4.79 Å². The first-order valence-corrected chi connectivity index (χ1v) is 5.55. The standard InChI is InChI=1S/C11H10INO2/c1-3-15-11-4-8(6-13)9(7(2)14)5-10(11)12/h4-5H,3H2,1-2H3. The molecule has 0 aliphatic rings. The Kier molecular flexibility index (Phi) is 4.09. The van der Waals surface area contributed by atoms with Crippen molar-refractivity contribution < 1.29 is 9.53 Å². The predicted molar refractivity (Wildman–Crippen MR) is 65.0 cm³/mol. The molecule has 0 heterocycles. The first kappa shape index (κ1) is 12.0. The molecule has 4 heteroatoms. The molecule has 0 bridgehead atoms. The summed E-state index contributed by atoms with van der Waals surface area (Å²) in [6.07, 6.45) is 0. The number of ether oxygens (including phenoxy) is 1. The van der Waals surface area contributed by atoms with Gasteiger partial charge in [-0.05, 0) is 48.6 Å². The Balaban J connectivity index is 3.30. The van der Waals surface area contributed by atoms with Gasteiger partial charge in [0.25, 0.3) is 0 Å². The van der Waals surface area contributed by atoms with E-state index >= 15 is 0 Å². The summed E-state index contributed by atoms with van der Waals surface area (Å²) in [7, 11) is 0. The normalized spacial score (nSPS) is 9.47. The van der Waals surface area contributed by atoms with Gasteiger partial charge < -0.3 is 4.74 Å². The van der Waals surface area contributed by atoms with Gasteiger partial charge in [0.1, 0.15) is 11.8 Å². The molecular weight excluding hydrogens is 305 g/mol. The Bertz CT molecular complexity index is 435. The number of halogens is 1. The van der Waals surface area contributed by atoms with Gasteiger partial charge in [0.2, 0.25) is 0 Å². The van der Waals surface area contributed by atoms with Crippen LogP contribution in [0.1, 0.15) is 29.8 Å². The average Bonchev–Trinajstić information content (AvgIpc) is 2.20. The van der Waals surface area contributed by atoms with Crippen LogP contribution in [0.15, 0.2) is 12.1 Å². The lowest BCUT2D eigenvalue weighted by Gasteiger charge is -2.08. The number of carbonyl (C=O) groups is 1. The quantitative estimate of drug-likeness (QED) is 0.636. The molecule has 15 heavy (non-hydrogen) atoms. The first-order valence-electron chi connectivity index (χ1n) is 4.47. The topological polar surface area (TPSA) is 50.1 Å². The maximum atomic E-state index is 11.3. The molecule has 0 saturated carbocycles. The molecule has 3 nitrogen and oxygen atoms in total. The van der Waals surface area contributed by atoms with E-state index in [4.69, 9.17) is 10.00 Å². The highest BCUT2D eigenvalue weighted by Gasteiger charge is 2.11. The molecule has 0 aliphatic carbocycles. The van der Waals surface area contributed by atoms with Crippen LogP contribution >= 0.6 is 22.6 Å². The van der Waals surface area contributed by atoms with E-state index < -0.39 is 0 Å². The number of Topliss-reactive ketones (excluding diaryl/α,β-unsaturated/α-hetero) is 1. The van der Waals surface area contributed by atoms with Gasteiger partial charge in [-0.1, -0.05) is 0 Å². The van der Waals surface area contributed by atoms with Crippen LogP contribution in [0.5, 0.6) is 5.75 Å². The SMILES string of the molecule is CCOc1cc(C#N)c(C(C)=O)cc1I. The summed E-state index contributed by atoms with van der Waals surface area (Å²) in [5.41, 5.74) is 0.816. The molecule has 0 aromatic heterocycles. The fraction of sp³-hybridized carbons (Fsp3) is 0.273. The number of nitrogens with zero attached hydrogens (tertiary/aromatic N) is 1. The molecule has 78 valence electrons. The number of benzene rings is 1. The first-order chi connectivity index (χ1) is 7.10. The lowest BCUT2D eigenvalue weighted by Crippen LogP contribution is -2.01. The monoisotopic (exact) mass is 315 g/mol. The Morgan fingerprint density at radius 1 is 1.60 bits per heavy atom. The highest BCUT2D eigenvalue weighted by atomic mass is 127. The Morgan fingerprint density at radius 2 is 2.27 bits per heavy atom. The van der Waals surface area contributed by atoms with Crippen LogP contribution in [0.3, 0.4) is 0 Å². The average molecular weight is 315 g/mol. The predicted octanol–water partition coefficient (Wildman–Crippen LogP) is 2.76. The number of rotatable bonds is 3. The highest BCUT2D eigenvalue weighted by molar-refractivity contribution is 14.1. The van der Waals surface area contributed by atoms with Crippen LogP contribution in [0.2, 0.25) is 0 Å². The van der Waals surface area contributed by atoms with E-state index in [0.29, 0.717) is 23.5 Å². The third-order valence-electron chi connectivity index (χ3n) is 1.87.